The summed E-state index contributed by atoms with van der Waals surface area (Å²) in [5.41, 5.74) is 7.66. The second-order valence-electron chi connectivity index (χ2n) is 4.53. The SMILES string of the molecule is C=CCN(CCC(N)=S)C(=O)/C=C/c1ccc(C)cc1. The fourth-order valence-corrected chi connectivity index (χ4v) is 1.73. The summed E-state index contributed by atoms with van der Waals surface area (Å²) in [6, 6.07) is 7.98. The zero-order valence-corrected chi connectivity index (χ0v) is 12.5. The van der Waals surface area contributed by atoms with E-state index in [0.29, 0.717) is 24.5 Å². The summed E-state index contributed by atoms with van der Waals surface area (Å²) in [5.74, 6) is -0.0678. The molecule has 106 valence electrons. The molecule has 0 aliphatic carbocycles. The average Bonchev–Trinajstić information content (AvgIpc) is 2.42. The van der Waals surface area contributed by atoms with Gasteiger partial charge in [0, 0.05) is 25.6 Å². The molecule has 20 heavy (non-hydrogen) atoms. The van der Waals surface area contributed by atoms with Crippen molar-refractivity contribution in [3.05, 3.63) is 54.1 Å². The van der Waals surface area contributed by atoms with Gasteiger partial charge in [-0.05, 0) is 18.6 Å². The van der Waals surface area contributed by atoms with Crippen LogP contribution in [-0.2, 0) is 4.79 Å². The Morgan fingerprint density at radius 2 is 2.05 bits per heavy atom. The van der Waals surface area contributed by atoms with Gasteiger partial charge in [-0.2, -0.15) is 0 Å². The van der Waals surface area contributed by atoms with E-state index < -0.39 is 0 Å². The van der Waals surface area contributed by atoms with E-state index in [4.69, 9.17) is 18.0 Å². The number of rotatable bonds is 7. The van der Waals surface area contributed by atoms with Crippen molar-refractivity contribution >= 4 is 29.2 Å². The molecular weight excluding hydrogens is 268 g/mol. The molecule has 2 N–H and O–H groups in total. The Hall–Kier alpha value is -1.94. The van der Waals surface area contributed by atoms with Gasteiger partial charge in [-0.1, -0.05) is 48.1 Å². The van der Waals surface area contributed by atoms with Gasteiger partial charge in [0.05, 0.1) is 4.99 Å². The van der Waals surface area contributed by atoms with Gasteiger partial charge in [0.25, 0.3) is 0 Å². The van der Waals surface area contributed by atoms with Gasteiger partial charge < -0.3 is 10.6 Å². The van der Waals surface area contributed by atoms with Crippen LogP contribution in [0.2, 0.25) is 0 Å². The molecule has 1 aromatic rings. The molecule has 0 aliphatic heterocycles. The highest BCUT2D eigenvalue weighted by Crippen LogP contribution is 2.06. The van der Waals surface area contributed by atoms with Crippen molar-refractivity contribution in [1.82, 2.24) is 4.90 Å². The zero-order valence-electron chi connectivity index (χ0n) is 11.7. The first kappa shape index (κ1) is 16.1. The molecule has 0 aromatic heterocycles. The van der Waals surface area contributed by atoms with E-state index in [1.807, 2.05) is 31.2 Å². The minimum Gasteiger partial charge on any atom is -0.393 e. The third-order valence-electron chi connectivity index (χ3n) is 2.78. The number of hydrogen-bond donors (Lipinski definition) is 1. The molecule has 1 aromatic carbocycles. The maximum Gasteiger partial charge on any atom is 0.246 e. The first-order valence-corrected chi connectivity index (χ1v) is 6.86. The fourth-order valence-electron chi connectivity index (χ4n) is 1.64. The predicted octanol–water partition coefficient (Wildman–Crippen LogP) is 2.70. The molecule has 0 unspecified atom stereocenters. The lowest BCUT2D eigenvalue weighted by Gasteiger charge is -2.18. The van der Waals surface area contributed by atoms with Crippen LogP contribution in [0.1, 0.15) is 17.5 Å². The molecule has 1 rings (SSSR count). The van der Waals surface area contributed by atoms with E-state index in [2.05, 4.69) is 6.58 Å². The van der Waals surface area contributed by atoms with Crippen LogP contribution in [-0.4, -0.2) is 28.9 Å². The monoisotopic (exact) mass is 288 g/mol. The summed E-state index contributed by atoms with van der Waals surface area (Å²) in [4.78, 5) is 14.2. The van der Waals surface area contributed by atoms with Gasteiger partial charge in [0.2, 0.25) is 5.91 Å². The highest BCUT2D eigenvalue weighted by molar-refractivity contribution is 7.80. The topological polar surface area (TPSA) is 46.3 Å². The Morgan fingerprint density at radius 1 is 1.40 bits per heavy atom. The van der Waals surface area contributed by atoms with E-state index in [-0.39, 0.29) is 5.91 Å². The van der Waals surface area contributed by atoms with Crippen LogP contribution in [0.25, 0.3) is 6.08 Å². The molecule has 0 saturated heterocycles. The number of carbonyl (C=O) groups excluding carboxylic acids is 1. The van der Waals surface area contributed by atoms with Crippen molar-refractivity contribution in [1.29, 1.82) is 0 Å². The normalized spacial score (nSPS) is 10.4. The maximum atomic E-state index is 12.1. The van der Waals surface area contributed by atoms with Crippen molar-refractivity contribution in [2.24, 2.45) is 5.73 Å². The standard InChI is InChI=1S/C16H20N2OS/c1-3-11-18(12-10-15(17)20)16(19)9-8-14-6-4-13(2)5-7-14/h3-9H,1,10-12H2,2H3,(H2,17,20)/b9-8+. The highest BCUT2D eigenvalue weighted by atomic mass is 32.1. The summed E-state index contributed by atoms with van der Waals surface area (Å²) >= 11 is 4.83. The van der Waals surface area contributed by atoms with E-state index in [9.17, 15) is 4.79 Å². The molecular formula is C16H20N2OS. The summed E-state index contributed by atoms with van der Waals surface area (Å²) < 4.78 is 0. The smallest absolute Gasteiger partial charge is 0.246 e. The molecule has 0 heterocycles. The number of carbonyl (C=O) groups is 1. The van der Waals surface area contributed by atoms with E-state index in [0.717, 1.165) is 5.56 Å². The minimum absolute atomic E-state index is 0.0678. The summed E-state index contributed by atoms with van der Waals surface area (Å²) in [6.45, 7) is 6.68. The second-order valence-corrected chi connectivity index (χ2v) is 5.06. The van der Waals surface area contributed by atoms with E-state index in [1.54, 1.807) is 23.1 Å². The van der Waals surface area contributed by atoms with Gasteiger partial charge in [-0.15, -0.1) is 6.58 Å². The molecule has 0 aliphatic rings. The number of thiocarbonyl (C=S) groups is 1. The van der Waals surface area contributed by atoms with Gasteiger partial charge in [-0.25, -0.2) is 0 Å². The van der Waals surface area contributed by atoms with E-state index >= 15 is 0 Å². The van der Waals surface area contributed by atoms with E-state index in [1.165, 1.54) is 5.56 Å². The molecule has 0 spiro atoms. The van der Waals surface area contributed by atoms with Crippen molar-refractivity contribution in [2.45, 2.75) is 13.3 Å². The summed E-state index contributed by atoms with van der Waals surface area (Å²) in [6.07, 6.45) is 5.58. The lowest BCUT2D eigenvalue weighted by Crippen LogP contribution is -2.32. The number of amides is 1. The zero-order chi connectivity index (χ0) is 15.0. The number of nitrogens with two attached hydrogens (primary N) is 1. The Labute approximate surface area is 125 Å². The average molecular weight is 288 g/mol. The molecule has 0 saturated carbocycles. The number of aryl methyl sites for hydroxylation is 1. The number of benzene rings is 1. The number of hydrogen-bond acceptors (Lipinski definition) is 2. The Balaban J connectivity index is 2.66. The van der Waals surface area contributed by atoms with Crippen LogP contribution in [0.15, 0.2) is 43.0 Å². The highest BCUT2D eigenvalue weighted by Gasteiger charge is 2.08. The van der Waals surface area contributed by atoms with Gasteiger partial charge >= 0.3 is 0 Å². The molecule has 0 atom stereocenters. The Kier molecular flexibility index (Phi) is 6.67. The molecule has 0 bridgehead atoms. The van der Waals surface area contributed by atoms with Crippen LogP contribution in [0, 0.1) is 6.92 Å². The lowest BCUT2D eigenvalue weighted by molar-refractivity contribution is -0.125. The molecule has 0 fully saturated rings. The fraction of sp³-hybridized carbons (Fsp3) is 0.250. The van der Waals surface area contributed by atoms with Crippen molar-refractivity contribution in [3.8, 4) is 0 Å². The molecule has 0 radical (unpaired) electrons. The summed E-state index contributed by atoms with van der Waals surface area (Å²) in [5, 5.41) is 0. The van der Waals surface area contributed by atoms with Gasteiger partial charge in [0.15, 0.2) is 0 Å². The first-order chi connectivity index (χ1) is 9.52. The minimum atomic E-state index is -0.0678. The maximum absolute atomic E-state index is 12.1. The van der Waals surface area contributed by atoms with Crippen LogP contribution < -0.4 is 5.73 Å². The number of nitrogens with zero attached hydrogens (tertiary/aromatic N) is 1. The second kappa shape index (κ2) is 8.27. The first-order valence-electron chi connectivity index (χ1n) is 6.46. The predicted molar refractivity (Wildman–Crippen MR) is 88.4 cm³/mol. The van der Waals surface area contributed by atoms with Gasteiger partial charge in [-0.3, -0.25) is 4.79 Å². The molecule has 4 heteroatoms. The van der Waals surface area contributed by atoms with Crippen molar-refractivity contribution in [2.75, 3.05) is 13.1 Å². The lowest BCUT2D eigenvalue weighted by atomic mass is 10.1. The third-order valence-corrected chi connectivity index (χ3v) is 2.99. The quantitative estimate of drug-likeness (QED) is 0.477. The van der Waals surface area contributed by atoms with Crippen LogP contribution in [0.4, 0.5) is 0 Å². The largest absolute Gasteiger partial charge is 0.393 e. The van der Waals surface area contributed by atoms with Crippen molar-refractivity contribution < 1.29 is 4.79 Å². The Morgan fingerprint density at radius 3 is 2.60 bits per heavy atom. The third kappa shape index (κ3) is 5.80. The molecule has 3 nitrogen and oxygen atoms in total. The van der Waals surface area contributed by atoms with Crippen LogP contribution in [0.5, 0.6) is 0 Å². The Bertz CT molecular complexity index is 506. The molecule has 1 amide bonds. The van der Waals surface area contributed by atoms with Gasteiger partial charge in [0.1, 0.15) is 0 Å². The van der Waals surface area contributed by atoms with Crippen LogP contribution >= 0.6 is 12.2 Å². The summed E-state index contributed by atoms with van der Waals surface area (Å²) in [7, 11) is 0. The van der Waals surface area contributed by atoms with Crippen molar-refractivity contribution in [3.63, 3.8) is 0 Å². The van der Waals surface area contributed by atoms with Crippen LogP contribution in [0.3, 0.4) is 0 Å².